The highest BCUT2D eigenvalue weighted by Gasteiger charge is 2.46. The first-order valence-electron chi connectivity index (χ1n) is 8.42. The molecule has 2 rings (SSSR count). The molecule has 1 fully saturated rings. The number of amides is 1. The van der Waals surface area contributed by atoms with E-state index in [9.17, 15) is 9.59 Å². The zero-order valence-electron chi connectivity index (χ0n) is 14.9. The Bertz CT molecular complexity index is 560. The van der Waals surface area contributed by atoms with Crippen LogP contribution in [0.2, 0.25) is 0 Å². The quantitative estimate of drug-likeness (QED) is 0.542. The van der Waals surface area contributed by atoms with Crippen LogP contribution >= 0.6 is 0 Å². The number of carbonyl (C=O) groups excluding carboxylic acids is 1. The Kier molecular flexibility index (Phi) is 7.35. The number of allylic oxidation sites excluding steroid dienone is 1. The summed E-state index contributed by atoms with van der Waals surface area (Å²) in [4.78, 5) is 27.7. The summed E-state index contributed by atoms with van der Waals surface area (Å²) in [5, 5.41) is 11.7. The average Bonchev–Trinajstić information content (AvgIpc) is 2.85. The van der Waals surface area contributed by atoms with Gasteiger partial charge >= 0.3 is 5.97 Å². The summed E-state index contributed by atoms with van der Waals surface area (Å²) in [6, 6.07) is 0. The maximum atomic E-state index is 12.2. The number of carboxylic acid groups (broad SMARTS) is 1. The Morgan fingerprint density at radius 3 is 2.42 bits per heavy atom. The Balaban J connectivity index is 0.000000505. The number of aliphatic carboxylic acids is 1. The van der Waals surface area contributed by atoms with Gasteiger partial charge in [-0.3, -0.25) is 9.79 Å². The average molecular weight is 335 g/mol. The molecule has 0 bridgehead atoms. The van der Waals surface area contributed by atoms with Crippen molar-refractivity contribution in [3.63, 3.8) is 0 Å². The molecule has 1 amide bonds. The van der Waals surface area contributed by atoms with Gasteiger partial charge in [-0.05, 0) is 39.5 Å². The molecule has 6 heteroatoms. The second kappa shape index (κ2) is 8.78. The van der Waals surface area contributed by atoms with Crippen LogP contribution in [-0.2, 0) is 9.59 Å². The molecular formula is C18H29N3O3. The number of rotatable bonds is 4. The van der Waals surface area contributed by atoms with Crippen LogP contribution in [0.4, 0.5) is 0 Å². The van der Waals surface area contributed by atoms with Gasteiger partial charge in [-0.1, -0.05) is 37.5 Å². The van der Waals surface area contributed by atoms with E-state index in [0.29, 0.717) is 6.54 Å². The summed E-state index contributed by atoms with van der Waals surface area (Å²) in [5.41, 5.74) is 5.36. The second-order valence-corrected chi connectivity index (χ2v) is 6.57. The normalized spacial score (nSPS) is 24.6. The number of hydrogen-bond acceptors (Lipinski definition) is 4. The number of nitrogens with zero attached hydrogens (tertiary/aromatic N) is 1. The molecular weight excluding hydrogens is 306 g/mol. The van der Waals surface area contributed by atoms with Crippen molar-refractivity contribution in [1.82, 2.24) is 5.32 Å². The molecule has 0 saturated heterocycles. The van der Waals surface area contributed by atoms with Gasteiger partial charge in [0.25, 0.3) is 5.91 Å². The Hall–Kier alpha value is -1.95. The monoisotopic (exact) mass is 335 g/mol. The minimum atomic E-state index is -1.06. The van der Waals surface area contributed by atoms with E-state index < -0.39 is 11.5 Å². The van der Waals surface area contributed by atoms with Gasteiger partial charge in [-0.15, -0.1) is 0 Å². The highest BCUT2D eigenvalue weighted by molar-refractivity contribution is 6.25. The van der Waals surface area contributed by atoms with Crippen molar-refractivity contribution < 1.29 is 14.7 Å². The van der Waals surface area contributed by atoms with Gasteiger partial charge < -0.3 is 16.2 Å². The van der Waals surface area contributed by atoms with Crippen molar-refractivity contribution >= 4 is 17.7 Å². The van der Waals surface area contributed by atoms with E-state index >= 15 is 0 Å². The fourth-order valence-corrected chi connectivity index (χ4v) is 2.98. The van der Waals surface area contributed by atoms with E-state index in [1.54, 1.807) is 6.92 Å². The third-order valence-electron chi connectivity index (χ3n) is 4.56. The van der Waals surface area contributed by atoms with Crippen LogP contribution in [0.5, 0.6) is 0 Å². The number of nitrogens with one attached hydrogen (secondary N) is 1. The molecule has 0 radical (unpaired) electrons. The molecule has 134 valence electrons. The fraction of sp³-hybridized carbons (Fsp3) is 0.611. The Labute approximate surface area is 143 Å². The van der Waals surface area contributed by atoms with E-state index in [1.165, 1.54) is 12.5 Å². The van der Waals surface area contributed by atoms with Gasteiger partial charge in [0, 0.05) is 6.54 Å². The van der Waals surface area contributed by atoms with Crippen LogP contribution in [0.15, 0.2) is 28.8 Å². The van der Waals surface area contributed by atoms with E-state index in [2.05, 4.69) is 16.9 Å². The molecule has 4 N–H and O–H groups in total. The predicted molar refractivity (Wildman–Crippen MR) is 95.8 cm³/mol. The minimum absolute atomic E-state index is 0.0629. The fourth-order valence-electron chi connectivity index (χ4n) is 2.98. The van der Waals surface area contributed by atoms with Crippen molar-refractivity contribution in [2.45, 2.75) is 58.4 Å². The lowest BCUT2D eigenvalue weighted by Crippen LogP contribution is -2.44. The van der Waals surface area contributed by atoms with Gasteiger partial charge in [-0.2, -0.15) is 0 Å². The van der Waals surface area contributed by atoms with Gasteiger partial charge in [0.2, 0.25) is 0 Å². The Morgan fingerprint density at radius 2 is 2.00 bits per heavy atom. The number of carboxylic acids is 1. The molecule has 1 aliphatic heterocycles. The maximum Gasteiger partial charge on any atom is 0.339 e. The predicted octanol–water partition coefficient (Wildman–Crippen LogP) is 2.41. The van der Waals surface area contributed by atoms with Crippen molar-refractivity contribution in [3.05, 3.63) is 23.8 Å². The molecule has 2 aliphatic rings. The number of carbonyl (C=O) groups is 2. The molecule has 0 spiro atoms. The lowest BCUT2D eigenvalue weighted by Gasteiger charge is -2.32. The molecule has 1 heterocycles. The minimum Gasteiger partial charge on any atom is -0.478 e. The summed E-state index contributed by atoms with van der Waals surface area (Å²) < 4.78 is 0. The molecule has 6 nitrogen and oxygen atoms in total. The van der Waals surface area contributed by atoms with Crippen molar-refractivity contribution in [2.24, 2.45) is 16.6 Å². The first-order valence-corrected chi connectivity index (χ1v) is 8.42. The summed E-state index contributed by atoms with van der Waals surface area (Å²) >= 11 is 0. The summed E-state index contributed by atoms with van der Waals surface area (Å²) in [5.74, 6) is -0.817. The van der Waals surface area contributed by atoms with Crippen LogP contribution in [0, 0.1) is 5.92 Å². The molecule has 0 aromatic heterocycles. The van der Waals surface area contributed by atoms with E-state index in [-0.39, 0.29) is 23.2 Å². The van der Waals surface area contributed by atoms with E-state index in [1.807, 2.05) is 13.8 Å². The first-order chi connectivity index (χ1) is 11.3. The van der Waals surface area contributed by atoms with Crippen molar-refractivity contribution in [3.8, 4) is 0 Å². The highest BCUT2D eigenvalue weighted by Crippen LogP contribution is 2.37. The van der Waals surface area contributed by atoms with Gasteiger partial charge in [0.1, 0.15) is 11.4 Å². The molecule has 0 aromatic rings. The van der Waals surface area contributed by atoms with Gasteiger partial charge in [0.15, 0.2) is 0 Å². The lowest BCUT2D eigenvalue weighted by atomic mass is 9.76. The van der Waals surface area contributed by atoms with Crippen molar-refractivity contribution in [1.29, 1.82) is 0 Å². The third-order valence-corrected chi connectivity index (χ3v) is 4.56. The molecule has 1 atom stereocenters. The number of aliphatic imine (C=N–C) groups is 1. The summed E-state index contributed by atoms with van der Waals surface area (Å²) in [7, 11) is 0. The van der Waals surface area contributed by atoms with Crippen LogP contribution in [0.3, 0.4) is 0 Å². The summed E-state index contributed by atoms with van der Waals surface area (Å²) in [6.45, 7) is 9.52. The largest absolute Gasteiger partial charge is 0.478 e. The number of nitrogens with two attached hydrogens (primary N) is 1. The number of hydrogen-bond donors (Lipinski definition) is 3. The SMILES string of the molecule is C=C(C)CN.CC=C(C(=O)O)C1=NC(C)(C2CCCCC2)C(=O)N1. The second-order valence-electron chi connectivity index (χ2n) is 6.57. The van der Waals surface area contributed by atoms with Crippen molar-refractivity contribution in [2.75, 3.05) is 6.54 Å². The van der Waals surface area contributed by atoms with Crippen LogP contribution < -0.4 is 11.1 Å². The highest BCUT2D eigenvalue weighted by atomic mass is 16.4. The lowest BCUT2D eigenvalue weighted by molar-refractivity contribution is -0.132. The first kappa shape index (κ1) is 20.1. The standard InChI is InChI=1S/C14H20N2O3.C4H9N/c1-3-10(12(17)18)11-15-13(19)14(2,16-11)9-7-5-4-6-8-9;1-4(2)3-5/h3,9H,4-8H2,1-2H3,(H,17,18)(H,15,16,19);1,3,5H2,2H3. The Morgan fingerprint density at radius 1 is 1.46 bits per heavy atom. The number of amidine groups is 1. The molecule has 1 unspecified atom stereocenters. The van der Waals surface area contributed by atoms with Crippen LogP contribution in [0.25, 0.3) is 0 Å². The van der Waals surface area contributed by atoms with Gasteiger partial charge in [0.05, 0.1) is 5.57 Å². The zero-order valence-corrected chi connectivity index (χ0v) is 14.9. The van der Waals surface area contributed by atoms with E-state index in [0.717, 1.165) is 31.3 Å². The maximum absolute atomic E-state index is 12.2. The molecule has 24 heavy (non-hydrogen) atoms. The molecule has 0 aromatic carbocycles. The smallest absolute Gasteiger partial charge is 0.339 e. The van der Waals surface area contributed by atoms with E-state index in [4.69, 9.17) is 10.8 Å². The molecule has 1 saturated carbocycles. The topological polar surface area (TPSA) is 105 Å². The van der Waals surface area contributed by atoms with Crippen LogP contribution in [0.1, 0.15) is 52.9 Å². The van der Waals surface area contributed by atoms with Gasteiger partial charge in [-0.25, -0.2) is 4.79 Å². The van der Waals surface area contributed by atoms with Crippen LogP contribution in [-0.4, -0.2) is 34.9 Å². The third kappa shape index (κ3) is 4.77. The summed E-state index contributed by atoms with van der Waals surface area (Å²) in [6.07, 6.45) is 6.88. The zero-order chi connectivity index (χ0) is 18.3. The molecule has 1 aliphatic carbocycles.